The van der Waals surface area contributed by atoms with Crippen LogP contribution in [-0.4, -0.2) is 24.7 Å². The zero-order valence-corrected chi connectivity index (χ0v) is 10.6. The highest BCUT2D eigenvalue weighted by Crippen LogP contribution is 2.22. The van der Waals surface area contributed by atoms with E-state index in [0.717, 1.165) is 24.9 Å². The van der Waals surface area contributed by atoms with Gasteiger partial charge in [0.05, 0.1) is 7.11 Å². The van der Waals surface area contributed by atoms with Gasteiger partial charge in [-0.2, -0.15) is 0 Å². The van der Waals surface area contributed by atoms with Gasteiger partial charge in [0.15, 0.2) is 0 Å². The van der Waals surface area contributed by atoms with E-state index in [1.807, 2.05) is 12.1 Å². The lowest BCUT2D eigenvalue weighted by atomic mass is 10.2. The maximum atomic E-state index is 10.5. The third-order valence-electron chi connectivity index (χ3n) is 2.63. The summed E-state index contributed by atoms with van der Waals surface area (Å²) in [4.78, 5) is 10.5. The Hall–Kier alpha value is -1.75. The molecule has 1 rings (SSSR count). The van der Waals surface area contributed by atoms with E-state index >= 15 is 0 Å². The molecule has 0 atom stereocenters. The summed E-state index contributed by atoms with van der Waals surface area (Å²) >= 11 is 0. The molecule has 0 aliphatic rings. The van der Waals surface area contributed by atoms with Gasteiger partial charge in [-0.1, -0.05) is 6.07 Å². The molecule has 0 spiro atoms. The largest absolute Gasteiger partial charge is 0.507 e. The molecule has 1 aromatic rings. The lowest BCUT2D eigenvalue weighted by Crippen LogP contribution is -2.16. The average molecular weight is 252 g/mol. The minimum atomic E-state index is -0.261. The Labute approximate surface area is 107 Å². The van der Waals surface area contributed by atoms with Crippen LogP contribution in [0.15, 0.2) is 18.2 Å². The number of unbranched alkanes of at least 4 members (excludes halogenated alkanes) is 1. The first kappa shape index (κ1) is 14.3. The summed E-state index contributed by atoms with van der Waals surface area (Å²) < 4.78 is 5.01. The molecule has 0 fully saturated rings. The van der Waals surface area contributed by atoms with Crippen molar-refractivity contribution in [3.8, 4) is 11.5 Å². The van der Waals surface area contributed by atoms with Gasteiger partial charge in [0.25, 0.3) is 0 Å². The normalized spacial score (nSPS) is 10.3. The number of ether oxygens (including phenoxy) is 1. The third-order valence-corrected chi connectivity index (χ3v) is 2.63. The molecule has 5 nitrogen and oxygen atoms in total. The van der Waals surface area contributed by atoms with Crippen LogP contribution >= 0.6 is 0 Å². The van der Waals surface area contributed by atoms with Gasteiger partial charge in [0.2, 0.25) is 5.91 Å². The number of methoxy groups -OCH3 is 1. The highest BCUT2D eigenvalue weighted by molar-refractivity contribution is 5.73. The molecule has 18 heavy (non-hydrogen) atoms. The molecule has 1 amide bonds. The van der Waals surface area contributed by atoms with Gasteiger partial charge in [0.1, 0.15) is 11.5 Å². The molecular formula is C13H20N2O3. The molecule has 0 aliphatic heterocycles. The monoisotopic (exact) mass is 252 g/mol. The van der Waals surface area contributed by atoms with Crippen LogP contribution in [0.4, 0.5) is 0 Å². The Kier molecular flexibility index (Phi) is 6.00. The maximum Gasteiger partial charge on any atom is 0.217 e. The number of hydrogen-bond acceptors (Lipinski definition) is 4. The van der Waals surface area contributed by atoms with Crippen LogP contribution in [0.5, 0.6) is 11.5 Å². The summed E-state index contributed by atoms with van der Waals surface area (Å²) in [5.41, 5.74) is 5.87. The number of benzene rings is 1. The summed E-state index contributed by atoms with van der Waals surface area (Å²) in [5, 5.41) is 12.9. The van der Waals surface area contributed by atoms with Gasteiger partial charge in [-0.15, -0.1) is 0 Å². The van der Waals surface area contributed by atoms with Crippen LogP contribution in [0.2, 0.25) is 0 Å². The second kappa shape index (κ2) is 7.55. The van der Waals surface area contributed by atoms with Gasteiger partial charge in [-0.05, 0) is 25.5 Å². The quantitative estimate of drug-likeness (QED) is 0.606. The molecule has 0 saturated carbocycles. The molecule has 0 unspecified atom stereocenters. The molecule has 100 valence electrons. The van der Waals surface area contributed by atoms with Crippen molar-refractivity contribution in [2.24, 2.45) is 5.73 Å². The Morgan fingerprint density at radius 2 is 2.22 bits per heavy atom. The van der Waals surface area contributed by atoms with E-state index in [1.165, 1.54) is 0 Å². The van der Waals surface area contributed by atoms with E-state index in [4.69, 9.17) is 10.5 Å². The van der Waals surface area contributed by atoms with Gasteiger partial charge in [-0.25, -0.2) is 0 Å². The second-order valence-corrected chi connectivity index (χ2v) is 4.09. The summed E-state index contributed by atoms with van der Waals surface area (Å²) in [6.45, 7) is 1.38. The Morgan fingerprint density at radius 1 is 1.44 bits per heavy atom. The average Bonchev–Trinajstić information content (AvgIpc) is 2.34. The number of carbonyl (C=O) groups excluding carboxylic acids is 1. The maximum absolute atomic E-state index is 10.5. The van der Waals surface area contributed by atoms with Crippen LogP contribution in [-0.2, 0) is 11.3 Å². The fourth-order valence-electron chi connectivity index (χ4n) is 1.59. The number of aromatic hydroxyl groups is 1. The standard InChI is InChI=1S/C13H20N2O3/c1-18-11-6-5-10(12(16)8-11)9-15-7-3-2-4-13(14)17/h5-6,8,15-16H,2-4,7,9H2,1H3,(H2,14,17). The third kappa shape index (κ3) is 5.05. The van der Waals surface area contributed by atoms with E-state index in [0.29, 0.717) is 18.7 Å². The highest BCUT2D eigenvalue weighted by atomic mass is 16.5. The van der Waals surface area contributed by atoms with E-state index < -0.39 is 0 Å². The van der Waals surface area contributed by atoms with Gasteiger partial charge < -0.3 is 20.9 Å². The topological polar surface area (TPSA) is 84.6 Å². The van der Waals surface area contributed by atoms with Crippen LogP contribution in [0.3, 0.4) is 0 Å². The van der Waals surface area contributed by atoms with Crippen LogP contribution in [0.1, 0.15) is 24.8 Å². The number of carbonyl (C=O) groups is 1. The van der Waals surface area contributed by atoms with Crippen molar-refractivity contribution in [3.05, 3.63) is 23.8 Å². The van der Waals surface area contributed by atoms with Crippen molar-refractivity contribution in [1.29, 1.82) is 0 Å². The molecular weight excluding hydrogens is 232 g/mol. The van der Waals surface area contributed by atoms with Gasteiger partial charge >= 0.3 is 0 Å². The SMILES string of the molecule is COc1ccc(CNCCCCC(N)=O)c(O)c1. The fraction of sp³-hybridized carbons (Fsp3) is 0.462. The first-order valence-corrected chi connectivity index (χ1v) is 5.98. The number of nitrogens with one attached hydrogen (secondary N) is 1. The second-order valence-electron chi connectivity index (χ2n) is 4.09. The van der Waals surface area contributed by atoms with E-state index in [9.17, 15) is 9.90 Å². The van der Waals surface area contributed by atoms with Crippen LogP contribution in [0, 0.1) is 0 Å². The van der Waals surface area contributed by atoms with Gasteiger partial charge in [-0.3, -0.25) is 4.79 Å². The van der Waals surface area contributed by atoms with E-state index in [1.54, 1.807) is 13.2 Å². The fourth-order valence-corrected chi connectivity index (χ4v) is 1.59. The summed E-state index contributed by atoms with van der Waals surface area (Å²) in [6.07, 6.45) is 2.10. The highest BCUT2D eigenvalue weighted by Gasteiger charge is 2.02. The number of amides is 1. The van der Waals surface area contributed by atoms with Crippen LogP contribution in [0.25, 0.3) is 0 Å². The van der Waals surface area contributed by atoms with Crippen molar-refractivity contribution >= 4 is 5.91 Å². The van der Waals surface area contributed by atoms with Crippen molar-refractivity contribution in [2.45, 2.75) is 25.8 Å². The minimum Gasteiger partial charge on any atom is -0.507 e. The molecule has 0 radical (unpaired) electrons. The molecule has 0 saturated heterocycles. The number of phenolic OH excluding ortho intramolecular Hbond substituents is 1. The van der Waals surface area contributed by atoms with Crippen molar-refractivity contribution in [2.75, 3.05) is 13.7 Å². The smallest absolute Gasteiger partial charge is 0.217 e. The number of rotatable bonds is 8. The number of nitrogens with two attached hydrogens (primary N) is 1. The molecule has 0 bridgehead atoms. The molecule has 0 aromatic heterocycles. The molecule has 1 aromatic carbocycles. The molecule has 0 aliphatic carbocycles. The summed E-state index contributed by atoms with van der Waals surface area (Å²) in [6, 6.07) is 5.22. The van der Waals surface area contributed by atoms with E-state index in [-0.39, 0.29) is 11.7 Å². The van der Waals surface area contributed by atoms with Crippen molar-refractivity contribution < 1.29 is 14.6 Å². The molecule has 5 heteroatoms. The van der Waals surface area contributed by atoms with Gasteiger partial charge in [0, 0.05) is 24.6 Å². The number of phenols is 1. The Bertz CT molecular complexity index is 394. The van der Waals surface area contributed by atoms with Crippen LogP contribution < -0.4 is 15.8 Å². The lowest BCUT2D eigenvalue weighted by Gasteiger charge is -2.08. The molecule has 4 N–H and O–H groups in total. The summed E-state index contributed by atoms with van der Waals surface area (Å²) in [5.74, 6) is 0.597. The number of hydrogen-bond donors (Lipinski definition) is 3. The zero-order valence-electron chi connectivity index (χ0n) is 10.6. The molecule has 0 heterocycles. The minimum absolute atomic E-state index is 0.221. The van der Waals surface area contributed by atoms with Crippen molar-refractivity contribution in [3.63, 3.8) is 0 Å². The predicted molar refractivity (Wildman–Crippen MR) is 69.4 cm³/mol. The lowest BCUT2D eigenvalue weighted by molar-refractivity contribution is -0.118. The van der Waals surface area contributed by atoms with Crippen molar-refractivity contribution in [1.82, 2.24) is 5.32 Å². The predicted octanol–water partition coefficient (Wildman–Crippen LogP) is 1.15. The first-order chi connectivity index (χ1) is 8.63. The zero-order chi connectivity index (χ0) is 13.4. The summed E-state index contributed by atoms with van der Waals surface area (Å²) in [7, 11) is 1.56. The van der Waals surface area contributed by atoms with E-state index in [2.05, 4.69) is 5.32 Å². The first-order valence-electron chi connectivity index (χ1n) is 5.98. The number of primary amides is 1. The Morgan fingerprint density at radius 3 is 2.83 bits per heavy atom. The Balaban J connectivity index is 2.25.